The van der Waals surface area contributed by atoms with Gasteiger partial charge in [-0.1, -0.05) is 0 Å². The fourth-order valence-electron chi connectivity index (χ4n) is 2.84. The number of carbonyl (C=O) groups excluding carboxylic acids is 5. The quantitative estimate of drug-likeness (QED) is 0.0449. The Morgan fingerprint density at radius 1 is 0.703 bits per heavy atom. The molecule has 0 fully saturated rings. The molecular formula is C19H33N9O9. The van der Waals surface area contributed by atoms with Gasteiger partial charge in [-0.05, 0) is 19.3 Å². The Kier molecular flexibility index (Phi) is 14.3. The van der Waals surface area contributed by atoms with Gasteiger partial charge in [0.25, 0.3) is 0 Å². The van der Waals surface area contributed by atoms with Gasteiger partial charge in [-0.15, -0.1) is 0 Å². The van der Waals surface area contributed by atoms with Crippen molar-refractivity contribution in [3.05, 3.63) is 0 Å². The maximum atomic E-state index is 12.9. The molecule has 18 nitrogen and oxygen atoms in total. The van der Waals surface area contributed by atoms with E-state index in [0.717, 1.165) is 0 Å². The highest BCUT2D eigenvalue weighted by Crippen LogP contribution is 2.04. The van der Waals surface area contributed by atoms with E-state index in [4.69, 9.17) is 33.8 Å². The summed E-state index contributed by atoms with van der Waals surface area (Å²) in [6, 6.07) is -6.06. The topological polar surface area (TPSA) is 338 Å². The van der Waals surface area contributed by atoms with Crippen molar-refractivity contribution < 1.29 is 43.8 Å². The Morgan fingerprint density at radius 3 is 1.70 bits per heavy atom. The van der Waals surface area contributed by atoms with E-state index < -0.39 is 91.3 Å². The summed E-state index contributed by atoms with van der Waals surface area (Å²) in [7, 11) is 0. The van der Waals surface area contributed by atoms with Gasteiger partial charge in [0.2, 0.25) is 29.5 Å². The fraction of sp³-hybridized carbons (Fsp3) is 0.579. The van der Waals surface area contributed by atoms with Gasteiger partial charge in [0.1, 0.15) is 18.1 Å². The molecule has 0 radical (unpaired) electrons. The van der Waals surface area contributed by atoms with Crippen molar-refractivity contribution >= 4 is 47.4 Å². The maximum absolute atomic E-state index is 12.9. The van der Waals surface area contributed by atoms with E-state index >= 15 is 0 Å². The molecule has 0 heterocycles. The molecule has 0 aliphatic carbocycles. The van der Waals surface area contributed by atoms with Crippen molar-refractivity contribution in [2.45, 2.75) is 62.7 Å². The van der Waals surface area contributed by atoms with Crippen LogP contribution in [-0.2, 0) is 33.6 Å². The first kappa shape index (κ1) is 32.5. The zero-order valence-corrected chi connectivity index (χ0v) is 19.8. The van der Waals surface area contributed by atoms with Gasteiger partial charge in [-0.25, -0.2) is 4.79 Å². The van der Waals surface area contributed by atoms with Crippen LogP contribution < -0.4 is 44.6 Å². The molecule has 5 amide bonds. The van der Waals surface area contributed by atoms with E-state index in [1.54, 1.807) is 0 Å². The average molecular weight is 532 g/mol. The zero-order valence-electron chi connectivity index (χ0n) is 19.8. The molecule has 0 saturated carbocycles. The van der Waals surface area contributed by atoms with E-state index in [-0.39, 0.29) is 25.3 Å². The number of aliphatic imine (C=N–C) groups is 1. The van der Waals surface area contributed by atoms with Gasteiger partial charge >= 0.3 is 11.9 Å². The number of aliphatic carboxylic acids is 2. The number of carboxylic acids is 2. The minimum absolute atomic E-state index is 0.0599. The predicted octanol–water partition coefficient (Wildman–Crippen LogP) is -5.48. The molecule has 208 valence electrons. The molecule has 4 unspecified atom stereocenters. The minimum atomic E-state index is -1.67. The molecule has 0 aromatic rings. The van der Waals surface area contributed by atoms with Crippen molar-refractivity contribution in [3.8, 4) is 0 Å². The second-order valence-electron chi connectivity index (χ2n) is 7.85. The first-order chi connectivity index (χ1) is 17.1. The third-order valence-corrected chi connectivity index (χ3v) is 4.64. The Labute approximate surface area is 210 Å². The summed E-state index contributed by atoms with van der Waals surface area (Å²) in [4.78, 5) is 86.2. The van der Waals surface area contributed by atoms with Crippen LogP contribution in [0.25, 0.3) is 0 Å². The lowest BCUT2D eigenvalue weighted by Crippen LogP contribution is -2.58. The van der Waals surface area contributed by atoms with E-state index in [2.05, 4.69) is 15.6 Å². The first-order valence-corrected chi connectivity index (χ1v) is 10.9. The molecule has 18 heteroatoms. The third-order valence-electron chi connectivity index (χ3n) is 4.64. The number of primary amides is 2. The average Bonchev–Trinajstić information content (AvgIpc) is 2.76. The maximum Gasteiger partial charge on any atom is 0.326 e. The number of hydrogen-bond donors (Lipinski definition) is 10. The number of carboxylic acid groups (broad SMARTS) is 2. The van der Waals surface area contributed by atoms with Gasteiger partial charge in [-0.2, -0.15) is 0 Å². The Morgan fingerprint density at radius 2 is 1.22 bits per heavy atom. The summed E-state index contributed by atoms with van der Waals surface area (Å²) >= 11 is 0. The Hall–Kier alpha value is -4.48. The lowest BCUT2D eigenvalue weighted by Gasteiger charge is -2.24. The number of rotatable bonds is 18. The van der Waals surface area contributed by atoms with Gasteiger partial charge < -0.3 is 54.8 Å². The lowest BCUT2D eigenvalue weighted by atomic mass is 10.1. The minimum Gasteiger partial charge on any atom is -0.481 e. The molecule has 0 bridgehead atoms. The number of nitrogens with zero attached hydrogens (tertiary/aromatic N) is 1. The van der Waals surface area contributed by atoms with Gasteiger partial charge in [0.05, 0.1) is 18.9 Å². The third kappa shape index (κ3) is 14.5. The standard InChI is InChI=1S/C19H33N9O9/c20-8(6-12(21)29)15(33)26-9(2-1-5-25-19(23)24)16(34)28-11(7-13(22)30)17(35)27-10(18(36)37)3-4-14(31)32/h8-11H,1-7,20H2,(H2,21,29)(H2,22,30)(H,26,33)(H,27,35)(H,28,34)(H,31,32)(H,36,37)(H4,23,24,25). The molecule has 0 rings (SSSR count). The summed E-state index contributed by atoms with van der Waals surface area (Å²) < 4.78 is 0. The van der Waals surface area contributed by atoms with Crippen molar-refractivity contribution in [3.63, 3.8) is 0 Å². The SMILES string of the molecule is NC(=O)CC(N)C(=O)NC(CCCN=C(N)N)C(=O)NC(CC(N)=O)C(=O)NC(CCC(=O)O)C(=O)O. The fourth-order valence-corrected chi connectivity index (χ4v) is 2.84. The second-order valence-corrected chi connectivity index (χ2v) is 7.85. The van der Waals surface area contributed by atoms with Crippen LogP contribution in [-0.4, -0.2) is 88.4 Å². The summed E-state index contributed by atoms with van der Waals surface area (Å²) in [6.07, 6.45) is -2.26. The number of nitrogens with one attached hydrogen (secondary N) is 3. The van der Waals surface area contributed by atoms with Crippen LogP contribution in [0.2, 0.25) is 0 Å². The molecular weight excluding hydrogens is 498 g/mol. The summed E-state index contributed by atoms with van der Waals surface area (Å²) in [5.41, 5.74) is 26.2. The van der Waals surface area contributed by atoms with Crippen LogP contribution in [0.3, 0.4) is 0 Å². The highest BCUT2D eigenvalue weighted by atomic mass is 16.4. The Balaban J connectivity index is 5.66. The van der Waals surface area contributed by atoms with Gasteiger partial charge in [0, 0.05) is 13.0 Å². The van der Waals surface area contributed by atoms with Crippen molar-refractivity contribution in [2.75, 3.05) is 6.54 Å². The van der Waals surface area contributed by atoms with Crippen molar-refractivity contribution in [1.82, 2.24) is 16.0 Å². The van der Waals surface area contributed by atoms with Gasteiger partial charge in [-0.3, -0.25) is 33.8 Å². The number of carbonyl (C=O) groups is 7. The number of nitrogens with two attached hydrogens (primary N) is 5. The lowest BCUT2D eigenvalue weighted by molar-refractivity contribution is -0.143. The second kappa shape index (κ2) is 16.2. The largest absolute Gasteiger partial charge is 0.481 e. The molecule has 37 heavy (non-hydrogen) atoms. The highest BCUT2D eigenvalue weighted by molar-refractivity contribution is 5.96. The first-order valence-electron chi connectivity index (χ1n) is 10.9. The summed E-state index contributed by atoms with van der Waals surface area (Å²) in [5, 5.41) is 24.5. The molecule has 0 aliphatic heterocycles. The highest BCUT2D eigenvalue weighted by Gasteiger charge is 2.31. The molecule has 0 aliphatic rings. The van der Waals surface area contributed by atoms with Crippen molar-refractivity contribution in [1.29, 1.82) is 0 Å². The molecule has 0 aromatic carbocycles. The van der Waals surface area contributed by atoms with E-state index in [9.17, 15) is 38.7 Å². The van der Waals surface area contributed by atoms with E-state index in [1.807, 2.05) is 5.32 Å². The number of hydrogen-bond acceptors (Lipinski definition) is 9. The zero-order chi connectivity index (χ0) is 28.7. The normalized spacial score (nSPS) is 13.6. The van der Waals surface area contributed by atoms with Crippen LogP contribution in [0.15, 0.2) is 4.99 Å². The number of guanidine groups is 1. The molecule has 4 atom stereocenters. The molecule has 0 saturated heterocycles. The van der Waals surface area contributed by atoms with Crippen LogP contribution in [0.4, 0.5) is 0 Å². The van der Waals surface area contributed by atoms with Crippen LogP contribution >= 0.6 is 0 Å². The Bertz CT molecular complexity index is 905. The van der Waals surface area contributed by atoms with Crippen LogP contribution in [0, 0.1) is 0 Å². The molecule has 0 aromatic heterocycles. The number of amides is 5. The predicted molar refractivity (Wildman–Crippen MR) is 126 cm³/mol. The summed E-state index contributed by atoms with van der Waals surface area (Å²) in [6.45, 7) is 0.0599. The van der Waals surface area contributed by atoms with Crippen molar-refractivity contribution in [2.24, 2.45) is 33.7 Å². The smallest absolute Gasteiger partial charge is 0.326 e. The van der Waals surface area contributed by atoms with E-state index in [0.29, 0.717) is 0 Å². The van der Waals surface area contributed by atoms with E-state index in [1.165, 1.54) is 0 Å². The molecule has 15 N–H and O–H groups in total. The molecule has 0 spiro atoms. The van der Waals surface area contributed by atoms with Crippen LogP contribution in [0.1, 0.15) is 38.5 Å². The monoisotopic (exact) mass is 531 g/mol. The van der Waals surface area contributed by atoms with Gasteiger partial charge in [0.15, 0.2) is 5.96 Å². The summed E-state index contributed by atoms with van der Waals surface area (Å²) in [5.74, 6) is -8.02. The van der Waals surface area contributed by atoms with Crippen LogP contribution in [0.5, 0.6) is 0 Å².